The highest BCUT2D eigenvalue weighted by atomic mass is 35.5. The van der Waals surface area contributed by atoms with Crippen LogP contribution in [0.2, 0.25) is 0 Å². The van der Waals surface area contributed by atoms with Gasteiger partial charge in [-0.1, -0.05) is 30.3 Å². The largest absolute Gasteiger partial charge is 0.351 e. The molecule has 122 valence electrons. The summed E-state index contributed by atoms with van der Waals surface area (Å²) >= 11 is 1.69. The maximum Gasteiger partial charge on any atom is 0.228 e. The van der Waals surface area contributed by atoms with Crippen LogP contribution in [0.3, 0.4) is 0 Å². The molecule has 3 nitrogen and oxygen atoms in total. The summed E-state index contributed by atoms with van der Waals surface area (Å²) in [5, 5.41) is 2.84. The molecule has 2 aromatic carbocycles. The zero-order valence-corrected chi connectivity index (χ0v) is 14.1. The molecule has 1 heterocycles. The Morgan fingerprint density at radius 1 is 1.30 bits per heavy atom. The first-order valence-electron chi connectivity index (χ1n) is 7.16. The van der Waals surface area contributed by atoms with Crippen molar-refractivity contribution in [2.45, 2.75) is 23.9 Å². The summed E-state index contributed by atoms with van der Waals surface area (Å²) in [4.78, 5) is 13.5. The highest BCUT2D eigenvalue weighted by Gasteiger charge is 2.28. The standard InChI is InChI=1S/C17H17FN2OS.ClH/c18-15-7-11(8-19)5-6-12(15)9-20-17(21)14-10-22-16-4-2-1-3-13(14)16;/h1-7,14H,8-10,19H2,(H,20,21);1H/t14-;/m1./s1. The summed E-state index contributed by atoms with van der Waals surface area (Å²) in [6.45, 7) is 0.499. The Balaban J connectivity index is 0.00000192. The van der Waals surface area contributed by atoms with E-state index in [9.17, 15) is 9.18 Å². The van der Waals surface area contributed by atoms with E-state index >= 15 is 0 Å². The monoisotopic (exact) mass is 352 g/mol. The zero-order chi connectivity index (χ0) is 15.5. The van der Waals surface area contributed by atoms with Crippen LogP contribution in [0.15, 0.2) is 47.4 Å². The van der Waals surface area contributed by atoms with Gasteiger partial charge in [-0.15, -0.1) is 24.2 Å². The van der Waals surface area contributed by atoms with Crippen molar-refractivity contribution >= 4 is 30.1 Å². The van der Waals surface area contributed by atoms with E-state index in [-0.39, 0.29) is 36.6 Å². The average Bonchev–Trinajstić information content (AvgIpc) is 2.97. The average molecular weight is 353 g/mol. The van der Waals surface area contributed by atoms with Gasteiger partial charge in [-0.05, 0) is 23.3 Å². The number of carbonyl (C=O) groups excluding carboxylic acids is 1. The minimum absolute atomic E-state index is 0. The molecule has 1 amide bonds. The molecule has 0 radical (unpaired) electrons. The van der Waals surface area contributed by atoms with Crippen molar-refractivity contribution < 1.29 is 9.18 Å². The molecule has 1 aliphatic heterocycles. The van der Waals surface area contributed by atoms with E-state index < -0.39 is 0 Å². The highest BCUT2D eigenvalue weighted by Crippen LogP contribution is 2.39. The van der Waals surface area contributed by atoms with Crippen molar-refractivity contribution in [3.8, 4) is 0 Å². The molecule has 0 spiro atoms. The molecule has 0 fully saturated rings. The van der Waals surface area contributed by atoms with Crippen LogP contribution in [0.1, 0.15) is 22.6 Å². The van der Waals surface area contributed by atoms with Crippen molar-refractivity contribution in [1.29, 1.82) is 0 Å². The Morgan fingerprint density at radius 2 is 2.09 bits per heavy atom. The fourth-order valence-electron chi connectivity index (χ4n) is 2.55. The Bertz CT molecular complexity index is 711. The lowest BCUT2D eigenvalue weighted by molar-refractivity contribution is -0.122. The maximum absolute atomic E-state index is 13.9. The number of halogens is 2. The summed E-state index contributed by atoms with van der Waals surface area (Å²) < 4.78 is 13.9. The Kier molecular flexibility index (Phi) is 6.04. The van der Waals surface area contributed by atoms with Gasteiger partial charge in [0.15, 0.2) is 0 Å². The van der Waals surface area contributed by atoms with Gasteiger partial charge in [0.25, 0.3) is 0 Å². The molecule has 0 aliphatic carbocycles. The Morgan fingerprint density at radius 3 is 2.83 bits per heavy atom. The minimum Gasteiger partial charge on any atom is -0.351 e. The Labute approximate surface area is 145 Å². The molecule has 3 N–H and O–H groups in total. The van der Waals surface area contributed by atoms with Gasteiger partial charge in [-0.2, -0.15) is 0 Å². The second-order valence-corrected chi connectivity index (χ2v) is 6.31. The number of thioether (sulfide) groups is 1. The number of benzene rings is 2. The van der Waals surface area contributed by atoms with Crippen molar-refractivity contribution in [3.63, 3.8) is 0 Å². The minimum atomic E-state index is -0.329. The molecule has 6 heteroatoms. The maximum atomic E-state index is 13.9. The van der Waals surface area contributed by atoms with Crippen LogP contribution < -0.4 is 11.1 Å². The normalized spacial score (nSPS) is 15.7. The van der Waals surface area contributed by atoms with E-state index in [2.05, 4.69) is 5.32 Å². The van der Waals surface area contributed by atoms with Gasteiger partial charge in [0.05, 0.1) is 5.92 Å². The third-order valence-electron chi connectivity index (χ3n) is 3.82. The smallest absolute Gasteiger partial charge is 0.228 e. The fourth-order valence-corrected chi connectivity index (χ4v) is 3.78. The van der Waals surface area contributed by atoms with E-state index in [1.807, 2.05) is 24.3 Å². The molecule has 3 rings (SSSR count). The molecular formula is C17H18ClFN2OS. The van der Waals surface area contributed by atoms with Gasteiger partial charge in [-0.3, -0.25) is 4.79 Å². The fraction of sp³-hybridized carbons (Fsp3) is 0.235. The van der Waals surface area contributed by atoms with Gasteiger partial charge < -0.3 is 11.1 Å². The van der Waals surface area contributed by atoms with Crippen LogP contribution in [-0.2, 0) is 17.9 Å². The predicted octanol–water partition coefficient (Wildman–Crippen LogP) is 3.21. The zero-order valence-electron chi connectivity index (χ0n) is 12.4. The summed E-state index contributed by atoms with van der Waals surface area (Å²) in [5.41, 5.74) is 7.76. The molecule has 2 aromatic rings. The number of nitrogens with one attached hydrogen (secondary N) is 1. The van der Waals surface area contributed by atoms with Crippen LogP contribution in [0.5, 0.6) is 0 Å². The van der Waals surface area contributed by atoms with E-state index in [1.54, 1.807) is 23.9 Å². The van der Waals surface area contributed by atoms with E-state index in [0.29, 0.717) is 12.1 Å². The molecule has 0 saturated heterocycles. The van der Waals surface area contributed by atoms with Crippen molar-refractivity contribution in [3.05, 3.63) is 65.0 Å². The highest BCUT2D eigenvalue weighted by molar-refractivity contribution is 7.99. The first-order chi connectivity index (χ1) is 10.7. The Hall–Kier alpha value is -1.56. The van der Waals surface area contributed by atoms with Crippen LogP contribution in [0, 0.1) is 5.82 Å². The molecular weight excluding hydrogens is 335 g/mol. The lowest BCUT2D eigenvalue weighted by atomic mass is 10.0. The predicted molar refractivity (Wildman–Crippen MR) is 93.3 cm³/mol. The van der Waals surface area contributed by atoms with Crippen molar-refractivity contribution in [1.82, 2.24) is 5.32 Å². The lowest BCUT2D eigenvalue weighted by Crippen LogP contribution is -2.29. The van der Waals surface area contributed by atoms with Crippen LogP contribution in [0.4, 0.5) is 4.39 Å². The first kappa shape index (κ1) is 17.8. The van der Waals surface area contributed by atoms with Crippen LogP contribution >= 0.6 is 24.2 Å². The number of fused-ring (bicyclic) bond motifs is 1. The molecule has 0 bridgehead atoms. The number of amides is 1. The number of rotatable bonds is 4. The third kappa shape index (κ3) is 3.86. The van der Waals surface area contributed by atoms with Crippen molar-refractivity contribution in [2.24, 2.45) is 5.73 Å². The summed E-state index contributed by atoms with van der Waals surface area (Å²) in [6, 6.07) is 12.8. The topological polar surface area (TPSA) is 55.1 Å². The van der Waals surface area contributed by atoms with Gasteiger partial charge in [0, 0.05) is 29.3 Å². The summed E-state index contributed by atoms with van der Waals surface area (Å²) in [7, 11) is 0. The van der Waals surface area contributed by atoms with E-state index in [1.165, 1.54) is 6.07 Å². The second-order valence-electron chi connectivity index (χ2n) is 5.25. The van der Waals surface area contributed by atoms with Gasteiger partial charge >= 0.3 is 0 Å². The van der Waals surface area contributed by atoms with Gasteiger partial charge in [0.1, 0.15) is 5.82 Å². The number of nitrogens with two attached hydrogens (primary N) is 1. The molecule has 0 saturated carbocycles. The van der Waals surface area contributed by atoms with E-state index in [4.69, 9.17) is 5.73 Å². The van der Waals surface area contributed by atoms with Crippen LogP contribution in [-0.4, -0.2) is 11.7 Å². The second kappa shape index (κ2) is 7.81. The molecule has 23 heavy (non-hydrogen) atoms. The number of hydrogen-bond acceptors (Lipinski definition) is 3. The summed E-state index contributed by atoms with van der Waals surface area (Å²) in [6.07, 6.45) is 0. The number of hydrogen-bond donors (Lipinski definition) is 2. The van der Waals surface area contributed by atoms with E-state index in [0.717, 1.165) is 21.8 Å². The summed E-state index contributed by atoms with van der Waals surface area (Å²) in [5.74, 6) is 0.191. The lowest BCUT2D eigenvalue weighted by Gasteiger charge is -2.12. The SMILES string of the molecule is Cl.NCc1ccc(CNC(=O)[C@@H]2CSc3ccccc32)c(F)c1. The quantitative estimate of drug-likeness (QED) is 0.888. The van der Waals surface area contributed by atoms with Gasteiger partial charge in [0.2, 0.25) is 5.91 Å². The molecule has 1 atom stereocenters. The molecule has 0 unspecified atom stereocenters. The van der Waals surface area contributed by atoms with Crippen LogP contribution in [0.25, 0.3) is 0 Å². The van der Waals surface area contributed by atoms with Crippen molar-refractivity contribution in [2.75, 3.05) is 5.75 Å². The molecule has 0 aromatic heterocycles. The van der Waals surface area contributed by atoms with Gasteiger partial charge in [-0.25, -0.2) is 4.39 Å². The molecule has 1 aliphatic rings. The third-order valence-corrected chi connectivity index (χ3v) is 5.01. The first-order valence-corrected chi connectivity index (χ1v) is 8.14. The number of carbonyl (C=O) groups is 1.